The van der Waals surface area contributed by atoms with Crippen LogP contribution in [0.25, 0.3) is 22.4 Å². The number of nitrogen functional groups attached to an aromatic ring is 1. The number of nitrogens with one attached hydrogen (secondary N) is 2. The van der Waals surface area contributed by atoms with Gasteiger partial charge < -0.3 is 20.4 Å². The molecule has 0 aliphatic carbocycles. The zero-order chi connectivity index (χ0) is 28.5. The molecule has 0 atom stereocenters. The van der Waals surface area contributed by atoms with Crippen molar-refractivity contribution in [3.05, 3.63) is 89.5 Å². The third kappa shape index (κ3) is 7.56. The van der Waals surface area contributed by atoms with Gasteiger partial charge in [0.25, 0.3) is 5.91 Å². The predicted octanol–water partition coefficient (Wildman–Crippen LogP) is 5.33. The van der Waals surface area contributed by atoms with Gasteiger partial charge in [0, 0.05) is 29.8 Å². The van der Waals surface area contributed by atoms with Gasteiger partial charge >= 0.3 is 5.97 Å². The number of amidine groups is 1. The fraction of sp³-hybridized carbons (Fsp3) is 0.312. The number of ether oxygens (including phenoxy) is 1. The molecule has 0 radical (unpaired) electrons. The van der Waals surface area contributed by atoms with Crippen molar-refractivity contribution < 1.29 is 14.3 Å². The number of rotatable bonds is 13. The molecular formula is C32H37N5O3. The zero-order valence-corrected chi connectivity index (χ0v) is 23.2. The van der Waals surface area contributed by atoms with Crippen molar-refractivity contribution in [1.29, 1.82) is 5.41 Å². The molecule has 0 saturated carbocycles. The Labute approximate surface area is 235 Å². The van der Waals surface area contributed by atoms with Gasteiger partial charge in [0.05, 0.1) is 24.1 Å². The number of imidazole rings is 1. The summed E-state index contributed by atoms with van der Waals surface area (Å²) in [6.45, 7) is 5.31. The number of aryl methyl sites for hydroxylation is 2. The Morgan fingerprint density at radius 1 is 1.00 bits per heavy atom. The average Bonchev–Trinajstić information content (AvgIpc) is 3.32. The summed E-state index contributed by atoms with van der Waals surface area (Å²) in [4.78, 5) is 29.6. The molecule has 0 saturated heterocycles. The van der Waals surface area contributed by atoms with E-state index in [2.05, 4.69) is 34.1 Å². The van der Waals surface area contributed by atoms with E-state index in [1.54, 1.807) is 12.1 Å². The lowest BCUT2D eigenvalue weighted by Gasteiger charge is -2.11. The zero-order valence-electron chi connectivity index (χ0n) is 23.2. The monoisotopic (exact) mass is 539 g/mol. The van der Waals surface area contributed by atoms with Gasteiger partial charge in [-0.1, -0.05) is 68.4 Å². The Hall–Kier alpha value is -4.46. The first-order chi connectivity index (χ1) is 19.3. The second kappa shape index (κ2) is 13.6. The maximum absolute atomic E-state index is 12.8. The first kappa shape index (κ1) is 28.5. The molecule has 8 nitrogen and oxygen atoms in total. The minimum absolute atomic E-state index is 0.0183. The molecule has 4 aromatic rings. The average molecular weight is 540 g/mol. The fourth-order valence-corrected chi connectivity index (χ4v) is 4.47. The third-order valence-corrected chi connectivity index (χ3v) is 6.60. The van der Waals surface area contributed by atoms with Crippen molar-refractivity contribution in [3.8, 4) is 11.4 Å². The van der Waals surface area contributed by atoms with Gasteiger partial charge in [0.1, 0.15) is 11.7 Å². The van der Waals surface area contributed by atoms with Crippen molar-refractivity contribution in [1.82, 2.24) is 14.9 Å². The third-order valence-electron chi connectivity index (χ3n) is 6.60. The van der Waals surface area contributed by atoms with Gasteiger partial charge in [-0.3, -0.25) is 15.0 Å². The van der Waals surface area contributed by atoms with E-state index in [-0.39, 0.29) is 36.6 Å². The summed E-state index contributed by atoms with van der Waals surface area (Å²) in [7, 11) is 0. The topological polar surface area (TPSA) is 123 Å². The lowest BCUT2D eigenvalue weighted by atomic mass is 10.1. The van der Waals surface area contributed by atoms with Gasteiger partial charge in [-0.25, -0.2) is 4.98 Å². The molecule has 0 unspecified atom stereocenters. The van der Waals surface area contributed by atoms with Crippen molar-refractivity contribution in [2.24, 2.45) is 11.7 Å². The van der Waals surface area contributed by atoms with Crippen LogP contribution in [-0.2, 0) is 22.5 Å². The van der Waals surface area contributed by atoms with Crippen molar-refractivity contribution in [2.75, 3.05) is 13.2 Å². The maximum atomic E-state index is 12.8. The van der Waals surface area contributed by atoms with Crippen molar-refractivity contribution in [2.45, 2.75) is 46.1 Å². The van der Waals surface area contributed by atoms with Crippen LogP contribution in [0.3, 0.4) is 0 Å². The number of hydrogen-bond donors (Lipinski definition) is 3. The summed E-state index contributed by atoms with van der Waals surface area (Å²) >= 11 is 0. The number of unbranched alkanes of at least 4 members (excludes halogenated alkanes) is 1. The number of nitrogens with zero attached hydrogens (tertiary/aromatic N) is 2. The van der Waals surface area contributed by atoms with E-state index in [1.165, 1.54) is 5.56 Å². The molecular weight excluding hydrogens is 502 g/mol. The van der Waals surface area contributed by atoms with E-state index < -0.39 is 0 Å². The van der Waals surface area contributed by atoms with Crippen LogP contribution in [-0.4, -0.2) is 40.4 Å². The van der Waals surface area contributed by atoms with Crippen molar-refractivity contribution >= 4 is 28.7 Å². The number of carbonyl (C=O) groups is 2. The molecule has 4 rings (SSSR count). The van der Waals surface area contributed by atoms with E-state index in [0.717, 1.165) is 48.2 Å². The lowest BCUT2D eigenvalue weighted by Crippen LogP contribution is -2.26. The lowest BCUT2D eigenvalue weighted by molar-refractivity contribution is -0.144. The Kier molecular flexibility index (Phi) is 9.67. The van der Waals surface area contributed by atoms with Gasteiger partial charge in [-0.15, -0.1) is 0 Å². The molecule has 0 aliphatic heterocycles. The summed E-state index contributed by atoms with van der Waals surface area (Å²) in [5.41, 5.74) is 10.7. The number of amides is 1. The summed E-state index contributed by atoms with van der Waals surface area (Å²) in [6.07, 6.45) is 3.13. The van der Waals surface area contributed by atoms with Crippen LogP contribution < -0.4 is 11.1 Å². The van der Waals surface area contributed by atoms with Crippen molar-refractivity contribution in [3.63, 3.8) is 0 Å². The molecule has 0 spiro atoms. The van der Waals surface area contributed by atoms with Gasteiger partial charge in [-0.2, -0.15) is 0 Å². The van der Waals surface area contributed by atoms with Gasteiger partial charge in [-0.05, 0) is 48.9 Å². The second-order valence-electron chi connectivity index (χ2n) is 10.3. The van der Waals surface area contributed by atoms with Crippen LogP contribution in [0.4, 0.5) is 0 Å². The van der Waals surface area contributed by atoms with Crippen LogP contribution in [0, 0.1) is 11.3 Å². The Morgan fingerprint density at radius 3 is 2.42 bits per heavy atom. The molecule has 0 aliphatic rings. The number of esters is 1. The smallest absolute Gasteiger partial charge is 0.307 e. The highest BCUT2D eigenvalue weighted by atomic mass is 16.5. The highest BCUT2D eigenvalue weighted by Gasteiger charge is 2.16. The Bertz CT molecular complexity index is 1460. The van der Waals surface area contributed by atoms with Crippen LogP contribution >= 0.6 is 0 Å². The Balaban J connectivity index is 1.51. The van der Waals surface area contributed by atoms with Crippen LogP contribution in [0.15, 0.2) is 72.8 Å². The molecule has 3 aromatic carbocycles. The number of aromatic nitrogens is 2. The number of hydrogen-bond acceptors (Lipinski definition) is 5. The molecule has 208 valence electrons. The largest absolute Gasteiger partial charge is 0.465 e. The normalized spacial score (nSPS) is 11.1. The number of carbonyl (C=O) groups excluding carboxylic acids is 2. The first-order valence-electron chi connectivity index (χ1n) is 13.7. The molecule has 0 fully saturated rings. The molecule has 40 heavy (non-hydrogen) atoms. The standard InChI is InChI=1S/C32H37N5O3/c1-22(2)21-40-29(38)17-18-35-32(39)26-15-16-28-27(20-26)36-31(25-13-11-24(12-14-25)30(33)34)37(28)19-7-6-10-23-8-4-3-5-9-23/h3-5,8-9,11-16,20,22H,6-7,10,17-19,21H2,1-2H3,(H3,33,34)(H,35,39). The SMILES string of the molecule is CC(C)COC(=O)CCNC(=O)c1ccc2c(c1)nc(-c1ccc(C(=N)N)cc1)n2CCCCc1ccccc1. The molecule has 8 heteroatoms. The number of nitrogens with two attached hydrogens (primary N) is 1. The quantitative estimate of drug-likeness (QED) is 0.0917. The fourth-order valence-electron chi connectivity index (χ4n) is 4.47. The summed E-state index contributed by atoms with van der Waals surface area (Å²) < 4.78 is 7.36. The minimum atomic E-state index is -0.323. The van der Waals surface area contributed by atoms with Gasteiger partial charge in [0.15, 0.2) is 0 Å². The molecule has 4 N–H and O–H groups in total. The summed E-state index contributed by atoms with van der Waals surface area (Å²) in [5, 5.41) is 10.5. The molecule has 1 aromatic heterocycles. The number of benzene rings is 3. The Morgan fingerprint density at radius 2 is 1.73 bits per heavy atom. The van der Waals surface area contributed by atoms with E-state index in [9.17, 15) is 9.59 Å². The number of fused-ring (bicyclic) bond motifs is 1. The maximum Gasteiger partial charge on any atom is 0.307 e. The summed E-state index contributed by atoms with van der Waals surface area (Å²) in [5.74, 6) is 0.505. The molecule has 1 amide bonds. The van der Waals surface area contributed by atoms with Crippen LogP contribution in [0.2, 0.25) is 0 Å². The summed E-state index contributed by atoms with van der Waals surface area (Å²) in [6, 6.07) is 23.4. The minimum Gasteiger partial charge on any atom is -0.465 e. The highest BCUT2D eigenvalue weighted by molar-refractivity contribution is 5.98. The van der Waals surface area contributed by atoms with Crippen LogP contribution in [0.1, 0.15) is 54.6 Å². The highest BCUT2D eigenvalue weighted by Crippen LogP contribution is 2.27. The predicted molar refractivity (Wildman–Crippen MR) is 158 cm³/mol. The first-order valence-corrected chi connectivity index (χ1v) is 13.7. The van der Waals surface area contributed by atoms with E-state index >= 15 is 0 Å². The second-order valence-corrected chi connectivity index (χ2v) is 10.3. The van der Waals surface area contributed by atoms with Crippen LogP contribution in [0.5, 0.6) is 0 Å². The van der Waals surface area contributed by atoms with E-state index in [1.807, 2.05) is 50.2 Å². The molecule has 1 heterocycles. The molecule has 0 bridgehead atoms. The van der Waals surface area contributed by atoms with E-state index in [0.29, 0.717) is 17.7 Å². The van der Waals surface area contributed by atoms with Gasteiger partial charge in [0.2, 0.25) is 0 Å². The van der Waals surface area contributed by atoms with E-state index in [4.69, 9.17) is 20.9 Å².